The minimum absolute atomic E-state index is 0.398. The van der Waals surface area contributed by atoms with Crippen molar-refractivity contribution in [2.75, 3.05) is 38.2 Å². The number of nitrogens with zero attached hydrogens (tertiary/aromatic N) is 1. The first-order chi connectivity index (χ1) is 9.29. The van der Waals surface area contributed by atoms with E-state index in [1.54, 1.807) is 0 Å². The first-order valence-electron chi connectivity index (χ1n) is 7.02. The van der Waals surface area contributed by atoms with Gasteiger partial charge in [0.25, 0.3) is 0 Å². The van der Waals surface area contributed by atoms with Crippen LogP contribution in [0.15, 0.2) is 24.3 Å². The van der Waals surface area contributed by atoms with Crippen LogP contribution in [0.1, 0.15) is 24.4 Å². The van der Waals surface area contributed by atoms with Gasteiger partial charge in [0.1, 0.15) is 0 Å². The highest BCUT2D eigenvalue weighted by molar-refractivity contribution is 7.99. The summed E-state index contributed by atoms with van der Waals surface area (Å²) >= 11 is 8.16. The number of hydrogen-bond donors (Lipinski definition) is 1. The van der Waals surface area contributed by atoms with Gasteiger partial charge in [0.15, 0.2) is 0 Å². The summed E-state index contributed by atoms with van der Waals surface area (Å²) in [5.74, 6) is 2.60. The standard InChI is InChI=1S/C15H23ClN2S/c1-17-15(13-4-2-5-14(16)12-13)6-8-18-7-3-10-19-11-9-18/h2,4-5,12,15,17H,3,6-11H2,1H3. The van der Waals surface area contributed by atoms with Crippen molar-refractivity contribution in [3.8, 4) is 0 Å². The van der Waals surface area contributed by atoms with Gasteiger partial charge in [-0.05, 0) is 56.4 Å². The summed E-state index contributed by atoms with van der Waals surface area (Å²) in [5, 5.41) is 4.23. The lowest BCUT2D eigenvalue weighted by Crippen LogP contribution is -2.30. The molecule has 1 fully saturated rings. The minimum atomic E-state index is 0.398. The third-order valence-corrected chi connectivity index (χ3v) is 4.93. The zero-order valence-corrected chi connectivity index (χ0v) is 13.1. The predicted octanol–water partition coefficient (Wildman–Crippen LogP) is 3.43. The molecular weight excluding hydrogens is 276 g/mol. The molecule has 1 unspecified atom stereocenters. The molecule has 0 aliphatic carbocycles. The molecule has 0 spiro atoms. The third-order valence-electron chi connectivity index (χ3n) is 3.65. The Morgan fingerprint density at radius 3 is 3.05 bits per heavy atom. The maximum Gasteiger partial charge on any atom is 0.0409 e. The second kappa shape index (κ2) is 8.15. The van der Waals surface area contributed by atoms with Gasteiger partial charge < -0.3 is 10.2 Å². The van der Waals surface area contributed by atoms with Crippen LogP contribution in [0.4, 0.5) is 0 Å². The number of thioether (sulfide) groups is 1. The molecule has 1 heterocycles. The van der Waals surface area contributed by atoms with E-state index >= 15 is 0 Å². The van der Waals surface area contributed by atoms with Gasteiger partial charge in [-0.15, -0.1) is 0 Å². The number of hydrogen-bond acceptors (Lipinski definition) is 3. The summed E-state index contributed by atoms with van der Waals surface area (Å²) in [6.07, 6.45) is 2.47. The lowest BCUT2D eigenvalue weighted by atomic mass is 10.0. The average Bonchev–Trinajstić information content (AvgIpc) is 2.68. The normalized spacial score (nSPS) is 19.1. The van der Waals surface area contributed by atoms with Crippen LogP contribution in [-0.4, -0.2) is 43.1 Å². The molecule has 1 aromatic carbocycles. The molecule has 1 aliphatic rings. The van der Waals surface area contributed by atoms with E-state index in [-0.39, 0.29) is 0 Å². The first-order valence-corrected chi connectivity index (χ1v) is 8.55. The Morgan fingerprint density at radius 2 is 2.26 bits per heavy atom. The topological polar surface area (TPSA) is 15.3 Å². The molecule has 2 rings (SSSR count). The Kier molecular flexibility index (Phi) is 6.51. The van der Waals surface area contributed by atoms with Crippen molar-refractivity contribution in [3.05, 3.63) is 34.9 Å². The van der Waals surface area contributed by atoms with Crippen molar-refractivity contribution in [3.63, 3.8) is 0 Å². The summed E-state index contributed by atoms with van der Waals surface area (Å²) in [6, 6.07) is 8.59. The fourth-order valence-electron chi connectivity index (χ4n) is 2.53. The van der Waals surface area contributed by atoms with Crippen LogP contribution in [0, 0.1) is 0 Å². The molecule has 2 nitrogen and oxygen atoms in total. The molecule has 1 aliphatic heterocycles. The van der Waals surface area contributed by atoms with Crippen molar-refractivity contribution < 1.29 is 0 Å². The highest BCUT2D eigenvalue weighted by Gasteiger charge is 2.13. The second-order valence-electron chi connectivity index (χ2n) is 4.99. The Labute approximate surface area is 125 Å². The number of rotatable bonds is 5. The molecule has 0 aromatic heterocycles. The highest BCUT2D eigenvalue weighted by atomic mass is 35.5. The van der Waals surface area contributed by atoms with E-state index in [2.05, 4.69) is 34.1 Å². The maximum atomic E-state index is 6.08. The van der Waals surface area contributed by atoms with Gasteiger partial charge in [0.2, 0.25) is 0 Å². The van der Waals surface area contributed by atoms with Crippen LogP contribution < -0.4 is 5.32 Å². The fourth-order valence-corrected chi connectivity index (χ4v) is 3.66. The zero-order valence-electron chi connectivity index (χ0n) is 11.6. The third kappa shape index (κ3) is 4.99. The lowest BCUT2D eigenvalue weighted by molar-refractivity contribution is 0.277. The van der Waals surface area contributed by atoms with Crippen LogP contribution >= 0.6 is 23.4 Å². The van der Waals surface area contributed by atoms with Crippen molar-refractivity contribution in [2.24, 2.45) is 0 Å². The van der Waals surface area contributed by atoms with E-state index < -0.39 is 0 Å². The number of nitrogens with one attached hydrogen (secondary N) is 1. The van der Waals surface area contributed by atoms with Crippen LogP contribution in [-0.2, 0) is 0 Å². The van der Waals surface area contributed by atoms with Gasteiger partial charge in [-0.1, -0.05) is 23.7 Å². The average molecular weight is 299 g/mol. The number of benzene rings is 1. The van der Waals surface area contributed by atoms with Gasteiger partial charge in [-0.25, -0.2) is 0 Å². The highest BCUT2D eigenvalue weighted by Crippen LogP contribution is 2.21. The Morgan fingerprint density at radius 1 is 1.37 bits per heavy atom. The van der Waals surface area contributed by atoms with E-state index in [0.717, 1.165) is 11.4 Å². The van der Waals surface area contributed by atoms with E-state index in [1.165, 1.54) is 43.1 Å². The van der Waals surface area contributed by atoms with Crippen LogP contribution in [0.25, 0.3) is 0 Å². The molecule has 4 heteroatoms. The molecule has 0 amide bonds. The van der Waals surface area contributed by atoms with Gasteiger partial charge >= 0.3 is 0 Å². The smallest absolute Gasteiger partial charge is 0.0409 e. The summed E-state index contributed by atoms with van der Waals surface area (Å²) in [7, 11) is 2.03. The largest absolute Gasteiger partial charge is 0.313 e. The molecule has 106 valence electrons. The zero-order chi connectivity index (χ0) is 13.5. The molecule has 0 bridgehead atoms. The van der Waals surface area contributed by atoms with Crippen molar-refractivity contribution in [1.82, 2.24) is 10.2 Å². The van der Waals surface area contributed by atoms with Gasteiger partial charge in [-0.2, -0.15) is 11.8 Å². The van der Waals surface area contributed by atoms with Crippen molar-refractivity contribution in [1.29, 1.82) is 0 Å². The van der Waals surface area contributed by atoms with E-state index in [9.17, 15) is 0 Å². The molecular formula is C15H23ClN2S. The maximum absolute atomic E-state index is 6.08. The van der Waals surface area contributed by atoms with Crippen molar-refractivity contribution in [2.45, 2.75) is 18.9 Å². The van der Waals surface area contributed by atoms with E-state index in [1.807, 2.05) is 19.2 Å². The van der Waals surface area contributed by atoms with Gasteiger partial charge in [0.05, 0.1) is 0 Å². The molecule has 1 N–H and O–H groups in total. The predicted molar refractivity (Wildman–Crippen MR) is 86.3 cm³/mol. The van der Waals surface area contributed by atoms with Gasteiger partial charge in [-0.3, -0.25) is 0 Å². The molecule has 0 radical (unpaired) electrons. The van der Waals surface area contributed by atoms with Crippen LogP contribution in [0.3, 0.4) is 0 Å². The molecule has 1 aromatic rings. The summed E-state index contributed by atoms with van der Waals surface area (Å²) < 4.78 is 0. The molecule has 1 atom stereocenters. The summed E-state index contributed by atoms with van der Waals surface area (Å²) in [5.41, 5.74) is 1.29. The fraction of sp³-hybridized carbons (Fsp3) is 0.600. The van der Waals surface area contributed by atoms with Crippen LogP contribution in [0.2, 0.25) is 5.02 Å². The molecule has 19 heavy (non-hydrogen) atoms. The Bertz CT molecular complexity index is 378. The van der Waals surface area contributed by atoms with Gasteiger partial charge in [0, 0.05) is 23.4 Å². The monoisotopic (exact) mass is 298 g/mol. The Hall–Kier alpha value is -0.220. The summed E-state index contributed by atoms with van der Waals surface area (Å²) in [4.78, 5) is 2.59. The second-order valence-corrected chi connectivity index (χ2v) is 6.65. The SMILES string of the molecule is CNC(CCN1CCCSCC1)c1cccc(Cl)c1. The lowest BCUT2D eigenvalue weighted by Gasteiger charge is -2.23. The molecule has 1 saturated heterocycles. The van der Waals surface area contributed by atoms with Crippen molar-refractivity contribution >= 4 is 23.4 Å². The van der Waals surface area contributed by atoms with E-state index in [4.69, 9.17) is 11.6 Å². The molecule has 0 saturated carbocycles. The minimum Gasteiger partial charge on any atom is -0.313 e. The Balaban J connectivity index is 1.88. The number of halogens is 1. The first kappa shape index (κ1) is 15.2. The van der Waals surface area contributed by atoms with E-state index in [0.29, 0.717) is 6.04 Å². The quantitative estimate of drug-likeness (QED) is 0.896. The van der Waals surface area contributed by atoms with Crippen LogP contribution in [0.5, 0.6) is 0 Å². The summed E-state index contributed by atoms with van der Waals surface area (Å²) in [6.45, 7) is 3.65.